The average Bonchev–Trinajstić information content (AvgIpc) is 2.71. The lowest BCUT2D eigenvalue weighted by Gasteiger charge is -2.28. The van der Waals surface area contributed by atoms with Gasteiger partial charge in [0.2, 0.25) is 0 Å². The molecule has 1 aliphatic rings. The molecule has 1 aromatic heterocycles. The van der Waals surface area contributed by atoms with Gasteiger partial charge in [0.1, 0.15) is 6.04 Å². The molecule has 0 aromatic carbocycles. The van der Waals surface area contributed by atoms with E-state index in [4.69, 9.17) is 0 Å². The maximum Gasteiger partial charge on any atom is 0.325 e. The molecule has 0 saturated carbocycles. The lowest BCUT2D eigenvalue weighted by molar-refractivity contribution is -0.130. The summed E-state index contributed by atoms with van der Waals surface area (Å²) < 4.78 is 0. The standard InChI is InChI=1S/C11H14N2O2S/c1-11(2,3)13-9(14)8(12-10(13)15)7-5-4-6-16-7/h4-6,8H,1-3H3,(H,12,15). The number of imide groups is 1. The fourth-order valence-corrected chi connectivity index (χ4v) is 2.53. The number of nitrogens with one attached hydrogen (secondary N) is 1. The van der Waals surface area contributed by atoms with Gasteiger partial charge < -0.3 is 5.32 Å². The Hall–Kier alpha value is -1.36. The first-order valence-electron chi connectivity index (χ1n) is 5.09. The molecule has 1 atom stereocenters. The number of carbonyl (C=O) groups is 2. The monoisotopic (exact) mass is 238 g/mol. The van der Waals surface area contributed by atoms with Gasteiger partial charge in [-0.05, 0) is 32.2 Å². The smallest absolute Gasteiger partial charge is 0.321 e. The van der Waals surface area contributed by atoms with Gasteiger partial charge in [-0.25, -0.2) is 4.79 Å². The van der Waals surface area contributed by atoms with Crippen molar-refractivity contribution in [1.29, 1.82) is 0 Å². The van der Waals surface area contributed by atoms with Crippen molar-refractivity contribution >= 4 is 23.3 Å². The molecule has 2 heterocycles. The number of nitrogens with zero attached hydrogens (tertiary/aromatic N) is 1. The first-order valence-corrected chi connectivity index (χ1v) is 5.97. The van der Waals surface area contributed by atoms with Gasteiger partial charge in [-0.1, -0.05) is 6.07 Å². The van der Waals surface area contributed by atoms with E-state index in [2.05, 4.69) is 5.32 Å². The maximum atomic E-state index is 12.1. The number of urea groups is 1. The minimum atomic E-state index is -0.508. The van der Waals surface area contributed by atoms with Crippen LogP contribution in [0.4, 0.5) is 4.79 Å². The van der Waals surface area contributed by atoms with Crippen molar-refractivity contribution in [1.82, 2.24) is 10.2 Å². The van der Waals surface area contributed by atoms with Crippen LogP contribution >= 0.6 is 11.3 Å². The summed E-state index contributed by atoms with van der Waals surface area (Å²) in [4.78, 5) is 26.0. The summed E-state index contributed by atoms with van der Waals surface area (Å²) in [6.45, 7) is 5.55. The number of amides is 3. The Kier molecular flexibility index (Phi) is 2.50. The molecular formula is C11H14N2O2S. The Balaban J connectivity index is 2.30. The number of hydrogen-bond donors (Lipinski definition) is 1. The van der Waals surface area contributed by atoms with Crippen LogP contribution < -0.4 is 5.32 Å². The number of rotatable bonds is 1. The predicted molar refractivity (Wildman–Crippen MR) is 62.2 cm³/mol. The molecule has 1 aromatic rings. The van der Waals surface area contributed by atoms with E-state index in [1.165, 1.54) is 16.2 Å². The zero-order chi connectivity index (χ0) is 11.9. The summed E-state index contributed by atoms with van der Waals surface area (Å²) in [5.74, 6) is -0.167. The van der Waals surface area contributed by atoms with E-state index in [-0.39, 0.29) is 11.9 Å². The topological polar surface area (TPSA) is 49.4 Å². The Morgan fingerprint density at radius 3 is 2.50 bits per heavy atom. The van der Waals surface area contributed by atoms with Crippen LogP contribution in [0.25, 0.3) is 0 Å². The van der Waals surface area contributed by atoms with Crippen LogP contribution in [-0.2, 0) is 4.79 Å². The minimum absolute atomic E-state index is 0.167. The highest BCUT2D eigenvalue weighted by Gasteiger charge is 2.44. The van der Waals surface area contributed by atoms with Crippen molar-refractivity contribution in [3.05, 3.63) is 22.4 Å². The van der Waals surface area contributed by atoms with Gasteiger partial charge in [0.05, 0.1) is 0 Å². The second-order valence-electron chi connectivity index (χ2n) is 4.74. The van der Waals surface area contributed by atoms with Gasteiger partial charge in [-0.15, -0.1) is 11.3 Å². The van der Waals surface area contributed by atoms with Crippen LogP contribution in [0, 0.1) is 0 Å². The first kappa shape index (κ1) is 11.1. The molecule has 4 nitrogen and oxygen atoms in total. The van der Waals surface area contributed by atoms with Crippen molar-refractivity contribution in [2.24, 2.45) is 0 Å². The van der Waals surface area contributed by atoms with Gasteiger partial charge in [0, 0.05) is 10.4 Å². The molecular weight excluding hydrogens is 224 g/mol. The Labute approximate surface area is 98.3 Å². The Morgan fingerprint density at radius 2 is 2.06 bits per heavy atom. The normalized spacial score (nSPS) is 21.4. The van der Waals surface area contributed by atoms with Gasteiger partial charge in [-0.2, -0.15) is 0 Å². The van der Waals surface area contributed by atoms with Crippen LogP contribution in [0.2, 0.25) is 0 Å². The first-order chi connectivity index (χ1) is 7.41. The summed E-state index contributed by atoms with van der Waals surface area (Å²) in [6, 6.07) is 2.92. The van der Waals surface area contributed by atoms with Crippen molar-refractivity contribution in [3.63, 3.8) is 0 Å². The van der Waals surface area contributed by atoms with E-state index in [9.17, 15) is 9.59 Å². The van der Waals surface area contributed by atoms with E-state index < -0.39 is 11.6 Å². The van der Waals surface area contributed by atoms with Gasteiger partial charge in [-0.3, -0.25) is 9.69 Å². The molecule has 2 rings (SSSR count). The zero-order valence-corrected chi connectivity index (χ0v) is 10.3. The lowest BCUT2D eigenvalue weighted by atomic mass is 10.1. The molecule has 5 heteroatoms. The van der Waals surface area contributed by atoms with Crippen molar-refractivity contribution in [2.75, 3.05) is 0 Å². The fourth-order valence-electron chi connectivity index (χ4n) is 1.76. The number of thiophene rings is 1. The summed E-state index contributed by atoms with van der Waals surface area (Å²) in [5.41, 5.74) is -0.479. The molecule has 1 saturated heterocycles. The maximum absolute atomic E-state index is 12.1. The zero-order valence-electron chi connectivity index (χ0n) is 9.48. The molecule has 86 valence electrons. The Morgan fingerprint density at radius 1 is 1.38 bits per heavy atom. The second kappa shape index (κ2) is 3.59. The van der Waals surface area contributed by atoms with Crippen molar-refractivity contribution in [2.45, 2.75) is 32.4 Å². The van der Waals surface area contributed by atoms with E-state index in [0.717, 1.165) is 4.88 Å². The quantitative estimate of drug-likeness (QED) is 0.762. The summed E-state index contributed by atoms with van der Waals surface area (Å²) in [5, 5.41) is 4.61. The summed E-state index contributed by atoms with van der Waals surface area (Å²) in [7, 11) is 0. The third-order valence-electron chi connectivity index (χ3n) is 2.44. The largest absolute Gasteiger partial charge is 0.325 e. The predicted octanol–water partition coefficient (Wildman–Crippen LogP) is 2.14. The SMILES string of the molecule is CC(C)(C)N1C(=O)NC(c2cccs2)C1=O. The molecule has 0 aliphatic carbocycles. The molecule has 1 aliphatic heterocycles. The molecule has 0 bridgehead atoms. The third-order valence-corrected chi connectivity index (χ3v) is 3.37. The van der Waals surface area contributed by atoms with Gasteiger partial charge >= 0.3 is 6.03 Å². The summed E-state index contributed by atoms with van der Waals surface area (Å²) in [6.07, 6.45) is 0. The molecule has 1 fully saturated rings. The van der Waals surface area contributed by atoms with Crippen LogP contribution in [0.1, 0.15) is 31.7 Å². The highest BCUT2D eigenvalue weighted by molar-refractivity contribution is 7.10. The van der Waals surface area contributed by atoms with E-state index in [1.54, 1.807) is 0 Å². The second-order valence-corrected chi connectivity index (χ2v) is 5.72. The summed E-state index contributed by atoms with van der Waals surface area (Å²) >= 11 is 1.48. The van der Waals surface area contributed by atoms with E-state index >= 15 is 0 Å². The van der Waals surface area contributed by atoms with Crippen molar-refractivity contribution in [3.8, 4) is 0 Å². The van der Waals surface area contributed by atoms with Crippen molar-refractivity contribution < 1.29 is 9.59 Å². The van der Waals surface area contributed by atoms with E-state index in [0.29, 0.717) is 0 Å². The molecule has 3 amide bonds. The molecule has 0 spiro atoms. The van der Waals surface area contributed by atoms with Crippen LogP contribution in [0.3, 0.4) is 0 Å². The van der Waals surface area contributed by atoms with Crippen LogP contribution in [0.5, 0.6) is 0 Å². The highest BCUT2D eigenvalue weighted by Crippen LogP contribution is 2.29. The van der Waals surface area contributed by atoms with Gasteiger partial charge in [0.15, 0.2) is 0 Å². The fraction of sp³-hybridized carbons (Fsp3) is 0.455. The molecule has 0 radical (unpaired) electrons. The third kappa shape index (κ3) is 1.71. The minimum Gasteiger partial charge on any atom is -0.321 e. The average molecular weight is 238 g/mol. The highest BCUT2D eigenvalue weighted by atomic mass is 32.1. The van der Waals surface area contributed by atoms with Gasteiger partial charge in [0.25, 0.3) is 5.91 Å². The lowest BCUT2D eigenvalue weighted by Crippen LogP contribution is -2.45. The van der Waals surface area contributed by atoms with Crippen LogP contribution in [-0.4, -0.2) is 22.4 Å². The molecule has 1 N–H and O–H groups in total. The molecule has 16 heavy (non-hydrogen) atoms. The Bertz CT molecular complexity index is 420. The molecule has 1 unspecified atom stereocenters. The van der Waals surface area contributed by atoms with Crippen LogP contribution in [0.15, 0.2) is 17.5 Å². The van der Waals surface area contributed by atoms with E-state index in [1.807, 2.05) is 38.3 Å². The number of hydrogen-bond acceptors (Lipinski definition) is 3. The number of carbonyl (C=O) groups excluding carboxylic acids is 2.